The van der Waals surface area contributed by atoms with Crippen LogP contribution in [-0.4, -0.2) is 27.6 Å². The molecule has 5 nitrogen and oxygen atoms in total. The van der Waals surface area contributed by atoms with Crippen LogP contribution in [-0.2, 0) is 11.3 Å². The fourth-order valence-electron chi connectivity index (χ4n) is 4.86. The number of aryl methyl sites for hydroxylation is 1. The first-order valence-electron chi connectivity index (χ1n) is 11.2. The molecule has 2 aromatic carbocycles. The van der Waals surface area contributed by atoms with Gasteiger partial charge in [0, 0.05) is 29.2 Å². The lowest BCUT2D eigenvalue weighted by Gasteiger charge is -2.31. The zero-order valence-corrected chi connectivity index (χ0v) is 19.2. The Morgan fingerprint density at radius 3 is 2.47 bits per heavy atom. The van der Waals surface area contributed by atoms with E-state index in [-0.39, 0.29) is 17.9 Å². The molecule has 1 aromatic heterocycles. The number of hydrogen-bond acceptors (Lipinski definition) is 2. The first kappa shape index (κ1) is 22.4. The van der Waals surface area contributed by atoms with E-state index in [0.29, 0.717) is 35.9 Å². The van der Waals surface area contributed by atoms with E-state index in [2.05, 4.69) is 16.0 Å². The number of fused-ring (bicyclic) bond motifs is 1. The fraction of sp³-hybridized carbons (Fsp3) is 0.385. The number of rotatable bonds is 6. The molecule has 0 radical (unpaired) electrons. The monoisotopic (exact) mass is 452 g/mol. The molecule has 1 atom stereocenters. The van der Waals surface area contributed by atoms with Crippen molar-refractivity contribution in [3.8, 4) is 0 Å². The zero-order valence-electron chi connectivity index (χ0n) is 18.5. The van der Waals surface area contributed by atoms with Crippen molar-refractivity contribution in [1.82, 2.24) is 9.88 Å². The minimum absolute atomic E-state index is 0.00696. The van der Waals surface area contributed by atoms with Crippen molar-refractivity contribution in [1.29, 1.82) is 0 Å². The van der Waals surface area contributed by atoms with E-state index in [1.54, 1.807) is 0 Å². The summed E-state index contributed by atoms with van der Waals surface area (Å²) in [7, 11) is 0. The molecule has 0 saturated heterocycles. The first-order chi connectivity index (χ1) is 15.3. The number of hydrogen-bond donors (Lipinski definition) is 2. The quantitative estimate of drug-likeness (QED) is 0.506. The molecule has 0 bridgehead atoms. The molecule has 0 aliphatic heterocycles. The summed E-state index contributed by atoms with van der Waals surface area (Å²) in [5.41, 5.74) is 3.75. The average molecular weight is 453 g/mol. The summed E-state index contributed by atoms with van der Waals surface area (Å²) in [5, 5.41) is 14.2. The minimum Gasteiger partial charge on any atom is -0.481 e. The Bertz CT molecular complexity index is 1130. The highest BCUT2D eigenvalue weighted by molar-refractivity contribution is 6.30. The lowest BCUT2D eigenvalue weighted by Crippen LogP contribution is -2.40. The Morgan fingerprint density at radius 2 is 1.81 bits per heavy atom. The third kappa shape index (κ3) is 4.83. The number of carboxylic acid groups (broad SMARTS) is 1. The number of aromatic nitrogens is 1. The summed E-state index contributed by atoms with van der Waals surface area (Å²) in [4.78, 5) is 24.6. The highest BCUT2D eigenvalue weighted by Crippen LogP contribution is 2.31. The van der Waals surface area contributed by atoms with Crippen molar-refractivity contribution in [3.63, 3.8) is 0 Å². The Morgan fingerprint density at radius 1 is 1.12 bits per heavy atom. The zero-order chi connectivity index (χ0) is 22.8. The van der Waals surface area contributed by atoms with Crippen LogP contribution in [0.2, 0.25) is 5.02 Å². The first-order valence-corrected chi connectivity index (χ1v) is 11.6. The molecular weight excluding hydrogens is 424 g/mol. The van der Waals surface area contributed by atoms with Crippen LogP contribution in [0.3, 0.4) is 0 Å². The van der Waals surface area contributed by atoms with Crippen molar-refractivity contribution in [2.24, 2.45) is 11.8 Å². The third-order valence-corrected chi connectivity index (χ3v) is 6.95. The van der Waals surface area contributed by atoms with Crippen LogP contribution in [0.5, 0.6) is 0 Å². The third-order valence-electron chi connectivity index (χ3n) is 6.70. The number of carboxylic acids is 1. The van der Waals surface area contributed by atoms with Gasteiger partial charge in [-0.2, -0.15) is 0 Å². The normalized spacial score (nSPS) is 19.6. The van der Waals surface area contributed by atoms with Gasteiger partial charge >= 0.3 is 5.97 Å². The molecule has 1 amide bonds. The molecule has 1 heterocycles. The average Bonchev–Trinajstić information content (AvgIpc) is 3.17. The maximum Gasteiger partial charge on any atom is 0.306 e. The van der Waals surface area contributed by atoms with Crippen molar-refractivity contribution in [2.45, 2.75) is 52.1 Å². The second kappa shape index (κ2) is 9.37. The highest BCUT2D eigenvalue weighted by atomic mass is 35.5. The van der Waals surface area contributed by atoms with E-state index in [9.17, 15) is 14.7 Å². The van der Waals surface area contributed by atoms with Gasteiger partial charge in [0.25, 0.3) is 5.91 Å². The number of nitrogens with zero attached hydrogens (tertiary/aromatic N) is 1. The van der Waals surface area contributed by atoms with Gasteiger partial charge < -0.3 is 15.0 Å². The molecule has 1 aliphatic rings. The van der Waals surface area contributed by atoms with Crippen LogP contribution in [0.1, 0.15) is 54.1 Å². The Kier molecular flexibility index (Phi) is 6.56. The Balaban J connectivity index is 1.55. The largest absolute Gasteiger partial charge is 0.481 e. The number of aliphatic carboxylic acids is 1. The topological polar surface area (TPSA) is 71.3 Å². The predicted molar refractivity (Wildman–Crippen MR) is 127 cm³/mol. The fourth-order valence-corrected chi connectivity index (χ4v) is 4.99. The lowest BCUT2D eigenvalue weighted by atomic mass is 9.79. The van der Waals surface area contributed by atoms with Crippen LogP contribution in [0.4, 0.5) is 0 Å². The SMILES string of the molecule is Cc1cc(C(=O)NC(C)[C@H]2CC[C@H](C(=O)O)CC2)c2c(ccn2Cc2ccc(Cl)cc2)c1. The van der Waals surface area contributed by atoms with Crippen molar-refractivity contribution >= 4 is 34.4 Å². The molecule has 0 spiro atoms. The summed E-state index contributed by atoms with van der Waals surface area (Å²) in [6, 6.07) is 13.8. The van der Waals surface area contributed by atoms with E-state index < -0.39 is 5.97 Å². The lowest BCUT2D eigenvalue weighted by molar-refractivity contribution is -0.143. The number of halogens is 1. The van der Waals surface area contributed by atoms with Crippen molar-refractivity contribution < 1.29 is 14.7 Å². The summed E-state index contributed by atoms with van der Waals surface area (Å²) in [6.45, 7) is 4.69. The Labute approximate surface area is 193 Å². The van der Waals surface area contributed by atoms with Gasteiger partial charge in [-0.15, -0.1) is 0 Å². The van der Waals surface area contributed by atoms with Crippen LogP contribution < -0.4 is 5.32 Å². The van der Waals surface area contributed by atoms with Crippen molar-refractivity contribution in [3.05, 3.63) is 70.4 Å². The van der Waals surface area contributed by atoms with Gasteiger partial charge in [-0.1, -0.05) is 23.7 Å². The molecule has 1 fully saturated rings. The molecule has 4 rings (SSSR count). The summed E-state index contributed by atoms with van der Waals surface area (Å²) in [6.07, 6.45) is 5.03. The van der Waals surface area contributed by atoms with Gasteiger partial charge in [0.15, 0.2) is 0 Å². The second-order valence-corrected chi connectivity index (χ2v) is 9.47. The molecule has 2 N–H and O–H groups in total. The maximum absolute atomic E-state index is 13.3. The molecule has 1 aliphatic carbocycles. The van der Waals surface area contributed by atoms with Gasteiger partial charge in [-0.05, 0) is 86.9 Å². The van der Waals surface area contributed by atoms with E-state index >= 15 is 0 Å². The van der Waals surface area contributed by atoms with Gasteiger partial charge in [0.05, 0.1) is 17.0 Å². The molecule has 168 valence electrons. The standard InChI is InChI=1S/C26H29ClN2O3/c1-16-13-21-11-12-29(15-18-3-9-22(27)10-4-18)24(21)23(14-16)25(30)28-17(2)19-5-7-20(8-6-19)26(31)32/h3-4,9-14,17,19-20H,5-8,15H2,1-2H3,(H,28,30)(H,31,32)/t17?,19-,20-. The predicted octanol–water partition coefficient (Wildman–Crippen LogP) is 5.66. The number of benzene rings is 2. The van der Waals surface area contributed by atoms with Crippen LogP contribution in [0.25, 0.3) is 10.9 Å². The second-order valence-electron chi connectivity index (χ2n) is 9.03. The number of carbonyl (C=O) groups is 2. The minimum atomic E-state index is -0.705. The van der Waals surface area contributed by atoms with Gasteiger partial charge in [-0.3, -0.25) is 9.59 Å². The van der Waals surface area contributed by atoms with Gasteiger partial charge in [-0.25, -0.2) is 0 Å². The summed E-state index contributed by atoms with van der Waals surface area (Å²) in [5.74, 6) is -0.733. The van der Waals surface area contributed by atoms with Gasteiger partial charge in [0.1, 0.15) is 0 Å². The van der Waals surface area contributed by atoms with Gasteiger partial charge in [0.2, 0.25) is 0 Å². The number of amides is 1. The summed E-state index contributed by atoms with van der Waals surface area (Å²) < 4.78 is 2.11. The highest BCUT2D eigenvalue weighted by Gasteiger charge is 2.30. The van der Waals surface area contributed by atoms with E-state index in [0.717, 1.165) is 34.9 Å². The van der Waals surface area contributed by atoms with Crippen LogP contribution in [0.15, 0.2) is 48.7 Å². The smallest absolute Gasteiger partial charge is 0.306 e. The van der Waals surface area contributed by atoms with E-state index in [1.165, 1.54) is 0 Å². The molecular formula is C26H29ClN2O3. The molecule has 1 unspecified atom stereocenters. The summed E-state index contributed by atoms with van der Waals surface area (Å²) >= 11 is 6.02. The van der Waals surface area contributed by atoms with E-state index in [1.807, 2.05) is 56.4 Å². The molecule has 32 heavy (non-hydrogen) atoms. The number of carbonyl (C=O) groups excluding carboxylic acids is 1. The van der Waals surface area contributed by atoms with Crippen LogP contribution >= 0.6 is 11.6 Å². The van der Waals surface area contributed by atoms with Crippen molar-refractivity contribution in [2.75, 3.05) is 0 Å². The molecule has 3 aromatic rings. The Hall–Kier alpha value is -2.79. The molecule has 6 heteroatoms. The maximum atomic E-state index is 13.3. The van der Waals surface area contributed by atoms with E-state index in [4.69, 9.17) is 11.6 Å². The number of nitrogens with one attached hydrogen (secondary N) is 1. The van der Waals surface area contributed by atoms with Crippen LogP contribution in [0, 0.1) is 18.8 Å². The molecule has 1 saturated carbocycles.